The smallest absolute Gasteiger partial charge is 0.152 e. The van der Waals surface area contributed by atoms with Crippen LogP contribution >= 0.6 is 0 Å². The second-order valence-electron chi connectivity index (χ2n) is 1.63. The number of hydrogen-bond acceptors (Lipinski definition) is 2. The van der Waals surface area contributed by atoms with Gasteiger partial charge in [-0.15, -0.1) is 10.2 Å². The zero-order valence-corrected chi connectivity index (χ0v) is 5.05. The molecule has 1 aliphatic rings. The SMILES string of the molecule is CCC1=NN=C(C)[N]1. The summed E-state index contributed by atoms with van der Waals surface area (Å²) < 4.78 is 0. The molecule has 43 valence electrons. The standard InChI is InChI=1S/C5H8N3/c1-3-5-6-4(2)7-8-5/h3H2,1-2H3. The van der Waals surface area contributed by atoms with E-state index in [0.717, 1.165) is 18.1 Å². The molecule has 3 heteroatoms. The minimum Gasteiger partial charge on any atom is -0.215 e. The highest BCUT2D eigenvalue weighted by Crippen LogP contribution is 1.93. The van der Waals surface area contributed by atoms with Crippen molar-refractivity contribution in [2.75, 3.05) is 0 Å². The number of hydrogen-bond donors (Lipinski definition) is 0. The lowest BCUT2D eigenvalue weighted by Crippen LogP contribution is -2.13. The molecule has 1 radical (unpaired) electrons. The van der Waals surface area contributed by atoms with Crippen molar-refractivity contribution >= 4 is 11.7 Å². The summed E-state index contributed by atoms with van der Waals surface area (Å²) in [4.78, 5) is 0. The molecule has 0 fully saturated rings. The fraction of sp³-hybridized carbons (Fsp3) is 0.600. The van der Waals surface area contributed by atoms with Gasteiger partial charge in [-0.05, 0) is 6.92 Å². The average molecular weight is 110 g/mol. The summed E-state index contributed by atoms with van der Waals surface area (Å²) in [6, 6.07) is 0. The van der Waals surface area contributed by atoms with Gasteiger partial charge in [-0.2, -0.15) is 0 Å². The predicted molar refractivity (Wildman–Crippen MR) is 33.0 cm³/mol. The molecule has 3 nitrogen and oxygen atoms in total. The quantitative estimate of drug-likeness (QED) is 0.477. The van der Waals surface area contributed by atoms with Crippen molar-refractivity contribution in [2.45, 2.75) is 20.3 Å². The van der Waals surface area contributed by atoms with E-state index in [0.29, 0.717) is 0 Å². The summed E-state index contributed by atoms with van der Waals surface area (Å²) in [5.74, 6) is 1.60. The third-order valence-electron chi connectivity index (χ3n) is 0.917. The Morgan fingerprint density at radius 2 is 2.12 bits per heavy atom. The van der Waals surface area contributed by atoms with Crippen LogP contribution in [0.25, 0.3) is 0 Å². The molecule has 0 aromatic heterocycles. The summed E-state index contributed by atoms with van der Waals surface area (Å²) in [6.45, 7) is 3.85. The van der Waals surface area contributed by atoms with Gasteiger partial charge in [-0.3, -0.25) is 0 Å². The van der Waals surface area contributed by atoms with Crippen molar-refractivity contribution in [2.24, 2.45) is 10.2 Å². The van der Waals surface area contributed by atoms with E-state index in [4.69, 9.17) is 0 Å². The zero-order valence-electron chi connectivity index (χ0n) is 5.05. The minimum atomic E-state index is 0.766. The molecule has 1 rings (SSSR count). The first-order chi connectivity index (χ1) is 3.83. The predicted octanol–water partition coefficient (Wildman–Crippen LogP) is 0.746. The van der Waals surface area contributed by atoms with E-state index in [1.807, 2.05) is 13.8 Å². The van der Waals surface area contributed by atoms with Gasteiger partial charge < -0.3 is 0 Å². The van der Waals surface area contributed by atoms with Crippen LogP contribution < -0.4 is 5.32 Å². The van der Waals surface area contributed by atoms with Gasteiger partial charge in [0, 0.05) is 6.42 Å². The Labute approximate surface area is 48.5 Å². The van der Waals surface area contributed by atoms with Crippen molar-refractivity contribution in [1.82, 2.24) is 5.32 Å². The van der Waals surface area contributed by atoms with E-state index in [1.54, 1.807) is 0 Å². The van der Waals surface area contributed by atoms with Crippen molar-refractivity contribution in [3.63, 3.8) is 0 Å². The van der Waals surface area contributed by atoms with Crippen LogP contribution in [0.5, 0.6) is 0 Å². The van der Waals surface area contributed by atoms with E-state index in [2.05, 4.69) is 15.5 Å². The molecule has 0 atom stereocenters. The summed E-state index contributed by atoms with van der Waals surface area (Å²) >= 11 is 0. The molecule has 1 aliphatic heterocycles. The molecular formula is C5H8N3. The van der Waals surface area contributed by atoms with Crippen LogP contribution in [-0.2, 0) is 0 Å². The van der Waals surface area contributed by atoms with E-state index in [9.17, 15) is 0 Å². The van der Waals surface area contributed by atoms with Gasteiger partial charge in [0.25, 0.3) is 0 Å². The Kier molecular flexibility index (Phi) is 1.28. The van der Waals surface area contributed by atoms with E-state index < -0.39 is 0 Å². The van der Waals surface area contributed by atoms with Crippen LogP contribution in [0.2, 0.25) is 0 Å². The Hall–Kier alpha value is -0.860. The molecule has 0 amide bonds. The molecule has 0 aromatic carbocycles. The summed E-state index contributed by atoms with van der Waals surface area (Å²) in [6.07, 6.45) is 0.876. The molecule has 0 saturated carbocycles. The Morgan fingerprint density at radius 3 is 2.38 bits per heavy atom. The Bertz CT molecular complexity index is 146. The molecule has 0 N–H and O–H groups in total. The zero-order chi connectivity index (χ0) is 5.98. The topological polar surface area (TPSA) is 38.8 Å². The van der Waals surface area contributed by atoms with Crippen LogP contribution in [0.3, 0.4) is 0 Å². The maximum atomic E-state index is 4.01. The fourth-order valence-corrected chi connectivity index (χ4v) is 0.511. The largest absolute Gasteiger partial charge is 0.215 e. The Balaban J connectivity index is 2.49. The van der Waals surface area contributed by atoms with Crippen LogP contribution in [0, 0.1) is 0 Å². The van der Waals surface area contributed by atoms with Crippen molar-refractivity contribution in [1.29, 1.82) is 0 Å². The minimum absolute atomic E-state index is 0.766. The van der Waals surface area contributed by atoms with Crippen LogP contribution in [-0.4, -0.2) is 11.7 Å². The Morgan fingerprint density at radius 1 is 1.38 bits per heavy atom. The van der Waals surface area contributed by atoms with Gasteiger partial charge in [0.05, 0.1) is 0 Å². The second-order valence-corrected chi connectivity index (χ2v) is 1.63. The summed E-state index contributed by atoms with van der Waals surface area (Å²) in [7, 11) is 0. The summed E-state index contributed by atoms with van der Waals surface area (Å²) in [5.41, 5.74) is 0. The highest BCUT2D eigenvalue weighted by molar-refractivity contribution is 6.02. The van der Waals surface area contributed by atoms with Gasteiger partial charge in [0.1, 0.15) is 5.84 Å². The highest BCUT2D eigenvalue weighted by atomic mass is 15.3. The molecule has 0 spiro atoms. The first kappa shape index (κ1) is 5.28. The molecule has 0 aliphatic carbocycles. The normalized spacial score (nSPS) is 17.2. The second kappa shape index (κ2) is 1.94. The summed E-state index contributed by atoms with van der Waals surface area (Å²) in [5, 5.41) is 11.5. The van der Waals surface area contributed by atoms with Crippen molar-refractivity contribution < 1.29 is 0 Å². The van der Waals surface area contributed by atoms with E-state index in [1.165, 1.54) is 0 Å². The van der Waals surface area contributed by atoms with Crippen molar-refractivity contribution in [3.8, 4) is 0 Å². The lowest BCUT2D eigenvalue weighted by atomic mass is 10.4. The van der Waals surface area contributed by atoms with Gasteiger partial charge in [-0.25, -0.2) is 5.32 Å². The van der Waals surface area contributed by atoms with Crippen LogP contribution in [0.15, 0.2) is 10.2 Å². The first-order valence-electron chi connectivity index (χ1n) is 2.66. The first-order valence-corrected chi connectivity index (χ1v) is 2.66. The van der Waals surface area contributed by atoms with Gasteiger partial charge in [0.2, 0.25) is 0 Å². The molecule has 0 aromatic rings. The molecule has 1 heterocycles. The van der Waals surface area contributed by atoms with Crippen molar-refractivity contribution in [3.05, 3.63) is 0 Å². The number of rotatable bonds is 1. The highest BCUT2D eigenvalue weighted by Gasteiger charge is 2.04. The lowest BCUT2D eigenvalue weighted by Gasteiger charge is -1.88. The third-order valence-corrected chi connectivity index (χ3v) is 0.917. The van der Waals surface area contributed by atoms with Crippen LogP contribution in [0.1, 0.15) is 20.3 Å². The molecule has 0 unspecified atom stereocenters. The third kappa shape index (κ3) is 0.857. The lowest BCUT2D eigenvalue weighted by molar-refractivity contribution is 1.17. The van der Waals surface area contributed by atoms with E-state index in [-0.39, 0.29) is 0 Å². The average Bonchev–Trinajstić information content (AvgIpc) is 2.14. The van der Waals surface area contributed by atoms with Gasteiger partial charge in [0.15, 0.2) is 5.84 Å². The maximum Gasteiger partial charge on any atom is 0.152 e. The van der Waals surface area contributed by atoms with E-state index >= 15 is 0 Å². The molecule has 0 bridgehead atoms. The van der Waals surface area contributed by atoms with Crippen LogP contribution in [0.4, 0.5) is 0 Å². The number of nitrogens with zero attached hydrogens (tertiary/aromatic N) is 3. The molecule has 0 saturated heterocycles. The maximum absolute atomic E-state index is 4.01. The fourth-order valence-electron chi connectivity index (χ4n) is 0.511. The van der Waals surface area contributed by atoms with Gasteiger partial charge in [-0.1, -0.05) is 6.92 Å². The number of amidine groups is 2. The molecular weight excluding hydrogens is 102 g/mol. The van der Waals surface area contributed by atoms with Gasteiger partial charge >= 0.3 is 0 Å². The monoisotopic (exact) mass is 110 g/mol. The molecule has 8 heavy (non-hydrogen) atoms.